The molecule has 0 unspecified atom stereocenters. The molecule has 1 amide bonds. The number of halogens is 1. The van der Waals surface area contributed by atoms with Crippen LogP contribution < -0.4 is 5.32 Å². The summed E-state index contributed by atoms with van der Waals surface area (Å²) in [6.07, 6.45) is -0.327. The zero-order chi connectivity index (χ0) is 15.4. The van der Waals surface area contributed by atoms with Gasteiger partial charge in [-0.25, -0.2) is 4.39 Å². The molecule has 112 valence electrons. The molecule has 1 aliphatic heterocycles. The Kier molecular flexibility index (Phi) is 4.14. The van der Waals surface area contributed by atoms with Crippen LogP contribution in [-0.4, -0.2) is 17.7 Å². The first kappa shape index (κ1) is 14.3. The number of nitrogens with one attached hydrogen (secondary N) is 1. The lowest BCUT2D eigenvalue weighted by Crippen LogP contribution is -2.34. The van der Waals surface area contributed by atoms with Gasteiger partial charge in [-0.1, -0.05) is 47.6 Å². The van der Waals surface area contributed by atoms with Crippen molar-refractivity contribution in [2.45, 2.75) is 19.1 Å². The molecule has 2 aromatic carbocycles. The fourth-order valence-corrected chi connectivity index (χ4v) is 2.26. The minimum absolute atomic E-state index is 0.223. The van der Waals surface area contributed by atoms with Crippen LogP contribution in [0.5, 0.6) is 0 Å². The second-order valence-corrected chi connectivity index (χ2v) is 5.05. The molecule has 0 saturated carbocycles. The van der Waals surface area contributed by atoms with Crippen molar-refractivity contribution in [1.29, 1.82) is 0 Å². The summed E-state index contributed by atoms with van der Waals surface area (Å²) in [5.41, 5.74) is 2.23. The molecule has 0 aromatic heterocycles. The van der Waals surface area contributed by atoms with Gasteiger partial charge in [0.1, 0.15) is 5.82 Å². The lowest BCUT2D eigenvalue weighted by atomic mass is 10.0. The molecule has 5 heteroatoms. The maximum Gasteiger partial charge on any atom is 0.264 e. The van der Waals surface area contributed by atoms with Crippen LogP contribution in [-0.2, 0) is 16.2 Å². The van der Waals surface area contributed by atoms with Gasteiger partial charge in [-0.05, 0) is 17.7 Å². The van der Waals surface area contributed by atoms with Gasteiger partial charge in [0.2, 0.25) is 6.10 Å². The molecule has 1 atom stereocenters. The van der Waals surface area contributed by atoms with Gasteiger partial charge < -0.3 is 10.2 Å². The second-order valence-electron chi connectivity index (χ2n) is 5.05. The smallest absolute Gasteiger partial charge is 0.264 e. The fourth-order valence-electron chi connectivity index (χ4n) is 2.26. The molecule has 1 N–H and O–H groups in total. The van der Waals surface area contributed by atoms with E-state index in [9.17, 15) is 9.18 Å². The molecule has 22 heavy (non-hydrogen) atoms. The summed E-state index contributed by atoms with van der Waals surface area (Å²) < 4.78 is 13.2. The van der Waals surface area contributed by atoms with Gasteiger partial charge in [0.05, 0.1) is 5.71 Å². The van der Waals surface area contributed by atoms with E-state index >= 15 is 0 Å². The van der Waals surface area contributed by atoms with E-state index in [1.807, 2.05) is 30.3 Å². The number of hydrogen-bond acceptors (Lipinski definition) is 3. The van der Waals surface area contributed by atoms with E-state index in [0.29, 0.717) is 24.2 Å². The number of oxime groups is 1. The van der Waals surface area contributed by atoms with Crippen LogP contribution in [0.4, 0.5) is 4.39 Å². The molecule has 3 rings (SSSR count). The van der Waals surface area contributed by atoms with E-state index < -0.39 is 6.10 Å². The number of carbonyl (C=O) groups excluding carboxylic acids is 1. The Morgan fingerprint density at radius 3 is 2.82 bits per heavy atom. The normalized spacial score (nSPS) is 16.8. The van der Waals surface area contributed by atoms with Crippen molar-refractivity contribution >= 4 is 11.6 Å². The highest BCUT2D eigenvalue weighted by molar-refractivity contribution is 6.04. The Hall–Kier alpha value is -2.69. The molecule has 0 bridgehead atoms. The van der Waals surface area contributed by atoms with E-state index in [0.717, 1.165) is 5.56 Å². The van der Waals surface area contributed by atoms with E-state index in [1.54, 1.807) is 12.1 Å². The maximum absolute atomic E-state index is 13.2. The number of amides is 1. The summed E-state index contributed by atoms with van der Waals surface area (Å²) in [4.78, 5) is 17.2. The van der Waals surface area contributed by atoms with E-state index in [2.05, 4.69) is 10.5 Å². The minimum Gasteiger partial charge on any atom is -0.382 e. The Bertz CT molecular complexity index is 701. The molecule has 0 spiro atoms. The van der Waals surface area contributed by atoms with Gasteiger partial charge in [-0.3, -0.25) is 4.79 Å². The van der Waals surface area contributed by atoms with Crippen LogP contribution in [0.2, 0.25) is 0 Å². The van der Waals surface area contributed by atoms with E-state index in [4.69, 9.17) is 4.84 Å². The number of benzene rings is 2. The summed E-state index contributed by atoms with van der Waals surface area (Å²) in [5, 5.41) is 6.71. The molecule has 4 nitrogen and oxygen atoms in total. The lowest BCUT2D eigenvalue weighted by molar-refractivity contribution is -0.131. The Labute approximate surface area is 127 Å². The first-order valence-electron chi connectivity index (χ1n) is 7.02. The zero-order valence-corrected chi connectivity index (χ0v) is 11.8. The molecule has 1 heterocycles. The van der Waals surface area contributed by atoms with Gasteiger partial charge >= 0.3 is 0 Å². The second kappa shape index (κ2) is 6.39. The molecular formula is C17H15FN2O2. The third-order valence-corrected chi connectivity index (χ3v) is 3.43. The Morgan fingerprint density at radius 2 is 2.05 bits per heavy atom. The van der Waals surface area contributed by atoms with Crippen LogP contribution in [0.3, 0.4) is 0 Å². The summed E-state index contributed by atoms with van der Waals surface area (Å²) in [6, 6.07) is 15.7. The molecule has 0 radical (unpaired) electrons. The largest absolute Gasteiger partial charge is 0.382 e. The average molecular weight is 298 g/mol. The molecule has 0 fully saturated rings. The van der Waals surface area contributed by atoms with Crippen molar-refractivity contribution < 1.29 is 14.0 Å². The molecule has 1 aliphatic rings. The fraction of sp³-hybridized carbons (Fsp3) is 0.176. The van der Waals surface area contributed by atoms with Crippen molar-refractivity contribution in [2.24, 2.45) is 5.16 Å². The highest BCUT2D eigenvalue weighted by Crippen LogP contribution is 2.17. The number of hydrogen-bond donors (Lipinski definition) is 1. The Morgan fingerprint density at radius 1 is 1.23 bits per heavy atom. The molecule has 0 saturated heterocycles. The molecule has 2 aromatic rings. The molecule has 0 aliphatic carbocycles. The predicted molar refractivity (Wildman–Crippen MR) is 80.7 cm³/mol. The number of rotatable bonds is 4. The Balaban J connectivity index is 1.56. The summed E-state index contributed by atoms with van der Waals surface area (Å²) in [5.74, 6) is -0.559. The summed E-state index contributed by atoms with van der Waals surface area (Å²) in [6.45, 7) is 0.439. The topological polar surface area (TPSA) is 50.7 Å². The first-order valence-corrected chi connectivity index (χ1v) is 7.02. The van der Waals surface area contributed by atoms with Gasteiger partial charge in [0.15, 0.2) is 0 Å². The lowest BCUT2D eigenvalue weighted by Gasteiger charge is -2.09. The predicted octanol–water partition coefficient (Wildman–Crippen LogP) is 2.64. The number of nitrogens with zero attached hydrogens (tertiary/aromatic N) is 1. The standard InChI is InChI=1S/C17H15FN2O2/c18-14-8-4-7-13(9-14)15-10-16(22-20-15)17(21)19-11-12-5-2-1-3-6-12/h1-9,16H,10-11H2,(H,19,21)/t16-/m1/s1. The SMILES string of the molecule is O=C(NCc1ccccc1)[C@H]1CC(c2cccc(F)c2)=NO1. The monoisotopic (exact) mass is 298 g/mol. The van der Waals surface area contributed by atoms with Crippen LogP contribution in [0, 0.1) is 5.82 Å². The van der Waals surface area contributed by atoms with Crippen molar-refractivity contribution in [1.82, 2.24) is 5.32 Å². The van der Waals surface area contributed by atoms with Crippen LogP contribution in [0.15, 0.2) is 59.8 Å². The summed E-state index contributed by atoms with van der Waals surface area (Å²) >= 11 is 0. The average Bonchev–Trinajstić information content (AvgIpc) is 3.04. The maximum atomic E-state index is 13.2. The van der Waals surface area contributed by atoms with Crippen LogP contribution >= 0.6 is 0 Å². The molecular weight excluding hydrogens is 283 g/mol. The minimum atomic E-state index is -0.665. The van der Waals surface area contributed by atoms with Crippen molar-refractivity contribution in [2.75, 3.05) is 0 Å². The zero-order valence-electron chi connectivity index (χ0n) is 11.8. The number of carbonyl (C=O) groups is 1. The van der Waals surface area contributed by atoms with Gasteiger partial charge in [0.25, 0.3) is 5.91 Å². The van der Waals surface area contributed by atoms with Crippen LogP contribution in [0.1, 0.15) is 17.5 Å². The van der Waals surface area contributed by atoms with Crippen LogP contribution in [0.25, 0.3) is 0 Å². The third-order valence-electron chi connectivity index (χ3n) is 3.43. The summed E-state index contributed by atoms with van der Waals surface area (Å²) in [7, 11) is 0. The highest BCUT2D eigenvalue weighted by atomic mass is 19.1. The first-order chi connectivity index (χ1) is 10.7. The highest BCUT2D eigenvalue weighted by Gasteiger charge is 2.28. The van der Waals surface area contributed by atoms with Crippen molar-refractivity contribution in [3.05, 3.63) is 71.5 Å². The van der Waals surface area contributed by atoms with Gasteiger partial charge in [0, 0.05) is 18.5 Å². The van der Waals surface area contributed by atoms with Crippen molar-refractivity contribution in [3.8, 4) is 0 Å². The quantitative estimate of drug-likeness (QED) is 0.943. The van der Waals surface area contributed by atoms with Gasteiger partial charge in [-0.2, -0.15) is 0 Å². The van der Waals surface area contributed by atoms with Crippen molar-refractivity contribution in [3.63, 3.8) is 0 Å². The van der Waals surface area contributed by atoms with E-state index in [-0.39, 0.29) is 11.7 Å². The van der Waals surface area contributed by atoms with Gasteiger partial charge in [-0.15, -0.1) is 0 Å². The van der Waals surface area contributed by atoms with E-state index in [1.165, 1.54) is 12.1 Å². The third kappa shape index (κ3) is 3.31.